The first-order chi connectivity index (χ1) is 9.02. The molecule has 0 unspecified atom stereocenters. The van der Waals surface area contributed by atoms with Crippen LogP contribution in [0.5, 0.6) is 0 Å². The molecule has 0 aliphatic heterocycles. The van der Waals surface area contributed by atoms with Crippen LogP contribution in [0.4, 0.5) is 4.79 Å². The van der Waals surface area contributed by atoms with Gasteiger partial charge in [0.2, 0.25) is 0 Å². The van der Waals surface area contributed by atoms with E-state index in [0.717, 1.165) is 12.8 Å². The summed E-state index contributed by atoms with van der Waals surface area (Å²) in [7, 11) is 1.36. The second-order valence-corrected chi connectivity index (χ2v) is 4.63. The fraction of sp³-hybridized carbons (Fsp3) is 0.750. The van der Waals surface area contributed by atoms with Crippen LogP contribution < -0.4 is 10.6 Å². The predicted molar refractivity (Wildman–Crippen MR) is 66.5 cm³/mol. The molecule has 0 aromatic carbocycles. The number of hydrogen-bond acceptors (Lipinski definition) is 4. The fourth-order valence-electron chi connectivity index (χ4n) is 2.17. The average Bonchev–Trinajstić information content (AvgIpc) is 2.82. The molecule has 1 rings (SSSR count). The second-order valence-electron chi connectivity index (χ2n) is 4.63. The van der Waals surface area contributed by atoms with Gasteiger partial charge in [0, 0.05) is 19.0 Å². The van der Waals surface area contributed by atoms with E-state index < -0.39 is 5.97 Å². The Labute approximate surface area is 111 Å². The Morgan fingerprint density at radius 3 is 2.68 bits per heavy atom. The van der Waals surface area contributed by atoms with Crippen molar-refractivity contribution in [3.63, 3.8) is 0 Å². The number of ether oxygens (including phenoxy) is 1. The highest BCUT2D eigenvalue weighted by atomic mass is 16.5. The monoisotopic (exact) mass is 272 g/mol. The topological polar surface area (TPSA) is 105 Å². The minimum Gasteiger partial charge on any atom is -0.481 e. The van der Waals surface area contributed by atoms with E-state index in [0.29, 0.717) is 19.4 Å². The summed E-state index contributed by atoms with van der Waals surface area (Å²) in [5, 5.41) is 13.8. The van der Waals surface area contributed by atoms with Gasteiger partial charge in [-0.15, -0.1) is 0 Å². The molecule has 1 aliphatic rings. The lowest BCUT2D eigenvalue weighted by Crippen LogP contribution is -2.41. The van der Waals surface area contributed by atoms with Crippen LogP contribution in [-0.4, -0.2) is 42.8 Å². The molecule has 0 saturated heterocycles. The van der Waals surface area contributed by atoms with E-state index in [-0.39, 0.29) is 30.4 Å². The summed E-state index contributed by atoms with van der Waals surface area (Å²) in [6.07, 6.45) is 2.50. The third-order valence-electron chi connectivity index (χ3n) is 3.16. The van der Waals surface area contributed by atoms with E-state index in [4.69, 9.17) is 5.11 Å². The summed E-state index contributed by atoms with van der Waals surface area (Å²) in [4.78, 5) is 33.1. The molecule has 2 amide bonds. The largest absolute Gasteiger partial charge is 0.481 e. The standard InChI is InChI=1S/C12H20N2O5/c1-19-11(17)8-4-5-9(7-8)14-12(18)13-6-2-3-10(15)16/h8-9H,2-7H2,1H3,(H,15,16)(H2,13,14,18)/t8-,9+/m0/s1. The van der Waals surface area contributed by atoms with Gasteiger partial charge in [0.1, 0.15) is 0 Å². The lowest BCUT2D eigenvalue weighted by atomic mass is 10.1. The Morgan fingerprint density at radius 2 is 2.05 bits per heavy atom. The van der Waals surface area contributed by atoms with Gasteiger partial charge in [-0.1, -0.05) is 0 Å². The first-order valence-corrected chi connectivity index (χ1v) is 6.37. The fourth-order valence-corrected chi connectivity index (χ4v) is 2.17. The lowest BCUT2D eigenvalue weighted by molar-refractivity contribution is -0.145. The third-order valence-corrected chi connectivity index (χ3v) is 3.16. The summed E-state index contributed by atoms with van der Waals surface area (Å²) >= 11 is 0. The van der Waals surface area contributed by atoms with Gasteiger partial charge < -0.3 is 20.5 Å². The zero-order valence-electron chi connectivity index (χ0n) is 11.0. The number of hydrogen-bond donors (Lipinski definition) is 3. The van der Waals surface area contributed by atoms with Crippen LogP contribution in [0, 0.1) is 5.92 Å². The van der Waals surface area contributed by atoms with Crippen molar-refractivity contribution in [3.05, 3.63) is 0 Å². The normalized spacial score (nSPS) is 21.7. The van der Waals surface area contributed by atoms with Crippen molar-refractivity contribution in [2.45, 2.75) is 38.1 Å². The number of carboxylic acids is 1. The van der Waals surface area contributed by atoms with Crippen molar-refractivity contribution in [1.82, 2.24) is 10.6 Å². The summed E-state index contributed by atoms with van der Waals surface area (Å²) in [5.74, 6) is -1.24. The maximum Gasteiger partial charge on any atom is 0.315 e. The minimum absolute atomic E-state index is 0.0245. The molecule has 19 heavy (non-hydrogen) atoms. The number of rotatable bonds is 6. The quantitative estimate of drug-likeness (QED) is 0.482. The van der Waals surface area contributed by atoms with Gasteiger partial charge in [-0.05, 0) is 25.7 Å². The number of carbonyl (C=O) groups is 3. The van der Waals surface area contributed by atoms with Crippen LogP contribution in [0.3, 0.4) is 0 Å². The van der Waals surface area contributed by atoms with Crippen LogP contribution in [0.25, 0.3) is 0 Å². The molecule has 1 fully saturated rings. The number of methoxy groups -OCH3 is 1. The Kier molecular flexibility index (Phi) is 6.11. The number of nitrogens with one attached hydrogen (secondary N) is 2. The molecule has 108 valence electrons. The molecule has 0 spiro atoms. The molecule has 7 nitrogen and oxygen atoms in total. The average molecular weight is 272 g/mol. The first-order valence-electron chi connectivity index (χ1n) is 6.37. The Balaban J connectivity index is 2.16. The van der Waals surface area contributed by atoms with Crippen molar-refractivity contribution in [2.75, 3.05) is 13.7 Å². The molecule has 1 aliphatic carbocycles. The molecular weight excluding hydrogens is 252 g/mol. The van der Waals surface area contributed by atoms with Crippen molar-refractivity contribution in [2.24, 2.45) is 5.92 Å². The summed E-state index contributed by atoms with van der Waals surface area (Å²) in [5.41, 5.74) is 0. The Morgan fingerprint density at radius 1 is 1.32 bits per heavy atom. The molecule has 3 N–H and O–H groups in total. The van der Waals surface area contributed by atoms with Crippen LogP contribution in [0.1, 0.15) is 32.1 Å². The molecule has 0 aromatic rings. The zero-order valence-corrected chi connectivity index (χ0v) is 11.0. The number of esters is 1. The number of aliphatic carboxylic acids is 1. The van der Waals surface area contributed by atoms with Gasteiger partial charge in [-0.2, -0.15) is 0 Å². The highest BCUT2D eigenvalue weighted by molar-refractivity contribution is 5.75. The van der Waals surface area contributed by atoms with Gasteiger partial charge >= 0.3 is 18.0 Å². The van der Waals surface area contributed by atoms with E-state index in [2.05, 4.69) is 15.4 Å². The Bertz CT molecular complexity index is 345. The number of urea groups is 1. The van der Waals surface area contributed by atoms with Crippen molar-refractivity contribution >= 4 is 18.0 Å². The molecule has 2 atom stereocenters. The molecule has 0 radical (unpaired) electrons. The van der Waals surface area contributed by atoms with E-state index in [1.807, 2.05) is 0 Å². The third kappa shape index (κ3) is 5.58. The van der Waals surface area contributed by atoms with Crippen LogP contribution in [0.2, 0.25) is 0 Å². The summed E-state index contributed by atoms with van der Waals surface area (Å²) in [6.45, 7) is 0.325. The summed E-state index contributed by atoms with van der Waals surface area (Å²) < 4.78 is 4.67. The SMILES string of the molecule is COC(=O)[C@H]1CC[C@@H](NC(=O)NCCCC(=O)O)C1. The van der Waals surface area contributed by atoms with E-state index in [1.165, 1.54) is 7.11 Å². The van der Waals surface area contributed by atoms with E-state index >= 15 is 0 Å². The van der Waals surface area contributed by atoms with Gasteiger partial charge in [0.15, 0.2) is 0 Å². The molecule has 7 heteroatoms. The van der Waals surface area contributed by atoms with Crippen LogP contribution >= 0.6 is 0 Å². The molecule has 0 bridgehead atoms. The van der Waals surface area contributed by atoms with Crippen molar-refractivity contribution in [1.29, 1.82) is 0 Å². The van der Waals surface area contributed by atoms with E-state index in [1.54, 1.807) is 0 Å². The predicted octanol–water partition coefficient (Wildman–Crippen LogP) is 0.492. The van der Waals surface area contributed by atoms with Gasteiger partial charge in [0.05, 0.1) is 13.0 Å². The summed E-state index contributed by atoms with van der Waals surface area (Å²) in [6, 6.07) is -0.343. The number of carboxylic acid groups (broad SMARTS) is 1. The van der Waals surface area contributed by atoms with Crippen molar-refractivity contribution < 1.29 is 24.2 Å². The zero-order chi connectivity index (χ0) is 14.3. The molecule has 0 heterocycles. The number of amides is 2. The van der Waals surface area contributed by atoms with Gasteiger partial charge in [0.25, 0.3) is 0 Å². The van der Waals surface area contributed by atoms with Crippen molar-refractivity contribution in [3.8, 4) is 0 Å². The molecule has 0 aromatic heterocycles. The van der Waals surface area contributed by atoms with Crippen LogP contribution in [0.15, 0.2) is 0 Å². The Hall–Kier alpha value is -1.79. The maximum atomic E-state index is 11.5. The highest BCUT2D eigenvalue weighted by Gasteiger charge is 2.31. The highest BCUT2D eigenvalue weighted by Crippen LogP contribution is 2.26. The molecular formula is C12H20N2O5. The first kappa shape index (κ1) is 15.3. The maximum absolute atomic E-state index is 11.5. The molecule has 1 saturated carbocycles. The van der Waals surface area contributed by atoms with Gasteiger partial charge in [-0.3, -0.25) is 9.59 Å². The second kappa shape index (κ2) is 7.60. The van der Waals surface area contributed by atoms with E-state index in [9.17, 15) is 14.4 Å². The van der Waals surface area contributed by atoms with Crippen LogP contribution in [-0.2, 0) is 14.3 Å². The van der Waals surface area contributed by atoms with Gasteiger partial charge in [-0.25, -0.2) is 4.79 Å². The number of carbonyl (C=O) groups excluding carboxylic acids is 2. The smallest absolute Gasteiger partial charge is 0.315 e. The lowest BCUT2D eigenvalue weighted by Gasteiger charge is -2.13. The minimum atomic E-state index is -0.876.